The van der Waals surface area contributed by atoms with Crippen molar-refractivity contribution in [2.24, 2.45) is 0 Å². The predicted molar refractivity (Wildman–Crippen MR) is 107 cm³/mol. The molecule has 1 aliphatic rings. The Labute approximate surface area is 173 Å². The van der Waals surface area contributed by atoms with E-state index in [0.29, 0.717) is 18.7 Å². The summed E-state index contributed by atoms with van der Waals surface area (Å²) >= 11 is 0. The van der Waals surface area contributed by atoms with Crippen molar-refractivity contribution in [3.05, 3.63) is 69.3 Å². The van der Waals surface area contributed by atoms with Crippen molar-refractivity contribution in [3.8, 4) is 0 Å². The van der Waals surface area contributed by atoms with E-state index in [1.54, 1.807) is 0 Å². The second kappa shape index (κ2) is 8.72. The molecule has 10 heteroatoms. The van der Waals surface area contributed by atoms with Gasteiger partial charge in [0.2, 0.25) is 10.0 Å². The molecule has 1 heterocycles. The summed E-state index contributed by atoms with van der Waals surface area (Å²) in [4.78, 5) is 35.2. The van der Waals surface area contributed by atoms with Crippen molar-refractivity contribution in [3.63, 3.8) is 0 Å². The van der Waals surface area contributed by atoms with Gasteiger partial charge in [0.15, 0.2) is 12.4 Å². The van der Waals surface area contributed by atoms with Crippen LogP contribution in [0, 0.1) is 17.0 Å². The third-order valence-corrected chi connectivity index (χ3v) is 6.78. The molecule has 30 heavy (non-hydrogen) atoms. The maximum absolute atomic E-state index is 12.5. The Balaban J connectivity index is 1.69. The summed E-state index contributed by atoms with van der Waals surface area (Å²) in [5, 5.41) is 11.1. The summed E-state index contributed by atoms with van der Waals surface area (Å²) in [7, 11) is -3.59. The van der Waals surface area contributed by atoms with Crippen LogP contribution in [0.5, 0.6) is 0 Å². The zero-order valence-electron chi connectivity index (χ0n) is 16.2. The van der Waals surface area contributed by atoms with E-state index in [4.69, 9.17) is 4.74 Å². The van der Waals surface area contributed by atoms with Gasteiger partial charge in [0.25, 0.3) is 5.69 Å². The second-order valence-electron chi connectivity index (χ2n) is 6.86. The number of sulfonamides is 1. The molecule has 158 valence electrons. The first-order valence-corrected chi connectivity index (χ1v) is 10.7. The third kappa shape index (κ3) is 4.39. The van der Waals surface area contributed by atoms with Crippen LogP contribution >= 0.6 is 0 Å². The van der Waals surface area contributed by atoms with Gasteiger partial charge in [-0.1, -0.05) is 12.1 Å². The van der Waals surface area contributed by atoms with Gasteiger partial charge < -0.3 is 4.74 Å². The number of hydrogen-bond acceptors (Lipinski definition) is 7. The molecule has 0 aliphatic carbocycles. The lowest BCUT2D eigenvalue weighted by Crippen LogP contribution is -2.27. The van der Waals surface area contributed by atoms with E-state index >= 15 is 0 Å². The van der Waals surface area contributed by atoms with Gasteiger partial charge in [-0.15, -0.1) is 0 Å². The van der Waals surface area contributed by atoms with Gasteiger partial charge >= 0.3 is 5.97 Å². The van der Waals surface area contributed by atoms with Crippen LogP contribution in [0.4, 0.5) is 5.69 Å². The van der Waals surface area contributed by atoms with Crippen molar-refractivity contribution in [1.82, 2.24) is 4.31 Å². The number of ether oxygens (including phenoxy) is 1. The molecule has 0 radical (unpaired) electrons. The standard InChI is InChI=1S/C20H20N2O7S/c1-14-5-4-6-17(22(25)26)19(14)20(24)29-13-18(23)15-7-9-16(10-8-15)30(27,28)21-11-2-3-12-21/h4-10H,2-3,11-13H2,1H3. The lowest BCUT2D eigenvalue weighted by atomic mass is 10.1. The smallest absolute Gasteiger partial charge is 0.345 e. The first-order chi connectivity index (χ1) is 14.2. The van der Waals surface area contributed by atoms with Crippen LogP contribution in [-0.2, 0) is 14.8 Å². The monoisotopic (exact) mass is 432 g/mol. The van der Waals surface area contributed by atoms with E-state index in [-0.39, 0.29) is 16.0 Å². The Kier molecular flexibility index (Phi) is 6.28. The molecule has 9 nitrogen and oxygen atoms in total. The number of aryl methyl sites for hydroxylation is 1. The maximum atomic E-state index is 12.5. The number of carbonyl (C=O) groups excluding carboxylic acids is 2. The molecular formula is C20H20N2O7S. The number of hydrogen-bond donors (Lipinski definition) is 0. The Morgan fingerprint density at radius 1 is 1.10 bits per heavy atom. The number of benzene rings is 2. The molecule has 1 saturated heterocycles. The van der Waals surface area contributed by atoms with Crippen LogP contribution in [-0.4, -0.2) is 49.1 Å². The molecule has 0 spiro atoms. The highest BCUT2D eigenvalue weighted by atomic mass is 32.2. The van der Waals surface area contributed by atoms with Crippen LogP contribution in [0.3, 0.4) is 0 Å². The first kappa shape index (κ1) is 21.6. The van der Waals surface area contributed by atoms with Gasteiger partial charge in [-0.2, -0.15) is 4.31 Å². The number of rotatable bonds is 7. The molecule has 1 aliphatic heterocycles. The molecule has 0 aromatic heterocycles. The van der Waals surface area contributed by atoms with E-state index in [2.05, 4.69) is 0 Å². The van der Waals surface area contributed by atoms with Crippen molar-refractivity contribution in [1.29, 1.82) is 0 Å². The Morgan fingerprint density at radius 3 is 2.33 bits per heavy atom. The maximum Gasteiger partial charge on any atom is 0.345 e. The average Bonchev–Trinajstić information content (AvgIpc) is 3.27. The number of carbonyl (C=O) groups is 2. The zero-order chi connectivity index (χ0) is 21.9. The molecule has 0 saturated carbocycles. The number of nitro benzene ring substituents is 1. The molecule has 0 N–H and O–H groups in total. The third-order valence-electron chi connectivity index (χ3n) is 4.87. The van der Waals surface area contributed by atoms with Crippen molar-refractivity contribution in [2.45, 2.75) is 24.7 Å². The minimum absolute atomic E-state index is 0.0912. The van der Waals surface area contributed by atoms with E-state index in [9.17, 15) is 28.1 Å². The zero-order valence-corrected chi connectivity index (χ0v) is 17.1. The summed E-state index contributed by atoms with van der Waals surface area (Å²) in [5.41, 5.74) is -0.0770. The second-order valence-corrected chi connectivity index (χ2v) is 8.80. The fourth-order valence-corrected chi connectivity index (χ4v) is 4.76. The van der Waals surface area contributed by atoms with Crippen molar-refractivity contribution < 1.29 is 27.7 Å². The predicted octanol–water partition coefficient (Wildman–Crippen LogP) is 2.73. The van der Waals surface area contributed by atoms with Gasteiger partial charge in [0, 0.05) is 24.7 Å². The van der Waals surface area contributed by atoms with Crippen LogP contribution in [0.25, 0.3) is 0 Å². The van der Waals surface area contributed by atoms with E-state index in [1.165, 1.54) is 53.7 Å². The van der Waals surface area contributed by atoms with Gasteiger partial charge in [0.05, 0.1) is 9.82 Å². The fraction of sp³-hybridized carbons (Fsp3) is 0.300. The van der Waals surface area contributed by atoms with Crippen LogP contribution in [0.2, 0.25) is 0 Å². The van der Waals surface area contributed by atoms with Gasteiger partial charge in [-0.3, -0.25) is 14.9 Å². The van der Waals surface area contributed by atoms with Crippen molar-refractivity contribution >= 4 is 27.5 Å². The van der Waals surface area contributed by atoms with Crippen LogP contribution in [0.1, 0.15) is 39.1 Å². The molecule has 0 atom stereocenters. The van der Waals surface area contributed by atoms with Gasteiger partial charge in [-0.25, -0.2) is 13.2 Å². The normalized spacial score (nSPS) is 14.4. The van der Waals surface area contributed by atoms with Gasteiger partial charge in [-0.05, 0) is 49.6 Å². The Morgan fingerprint density at radius 2 is 1.73 bits per heavy atom. The van der Waals surface area contributed by atoms with Crippen molar-refractivity contribution in [2.75, 3.05) is 19.7 Å². The molecule has 0 unspecified atom stereocenters. The topological polar surface area (TPSA) is 124 Å². The SMILES string of the molecule is Cc1cccc([N+](=O)[O-])c1C(=O)OCC(=O)c1ccc(S(=O)(=O)N2CCCC2)cc1. The summed E-state index contributed by atoms with van der Waals surface area (Å²) < 4.78 is 31.4. The highest BCUT2D eigenvalue weighted by Crippen LogP contribution is 2.23. The van der Waals surface area contributed by atoms with E-state index in [0.717, 1.165) is 12.8 Å². The Bertz CT molecular complexity index is 1090. The molecular weight excluding hydrogens is 412 g/mol. The number of nitrogens with zero attached hydrogens (tertiary/aromatic N) is 2. The van der Waals surface area contributed by atoms with Crippen LogP contribution < -0.4 is 0 Å². The highest BCUT2D eigenvalue weighted by molar-refractivity contribution is 7.89. The summed E-state index contributed by atoms with van der Waals surface area (Å²) in [5.74, 6) is -1.52. The molecule has 1 fully saturated rings. The minimum atomic E-state index is -3.59. The quantitative estimate of drug-likeness (QED) is 0.285. The fourth-order valence-electron chi connectivity index (χ4n) is 3.25. The van der Waals surface area contributed by atoms with Crippen LogP contribution in [0.15, 0.2) is 47.4 Å². The number of esters is 1. The molecule has 3 rings (SSSR count). The lowest BCUT2D eigenvalue weighted by Gasteiger charge is -2.15. The van der Waals surface area contributed by atoms with E-state index < -0.39 is 39.0 Å². The summed E-state index contributed by atoms with van der Waals surface area (Å²) in [6, 6.07) is 9.57. The van der Waals surface area contributed by atoms with Gasteiger partial charge in [0.1, 0.15) is 5.56 Å². The number of Topliss-reactive ketones (excluding diaryl/α,β-unsaturated/α-hetero) is 1. The largest absolute Gasteiger partial charge is 0.453 e. The number of nitro groups is 1. The molecule has 2 aromatic carbocycles. The minimum Gasteiger partial charge on any atom is -0.453 e. The first-order valence-electron chi connectivity index (χ1n) is 9.26. The Hall–Kier alpha value is -3.11. The number of ketones is 1. The molecule has 2 aromatic rings. The lowest BCUT2D eigenvalue weighted by molar-refractivity contribution is -0.385. The average molecular weight is 432 g/mol. The summed E-state index contributed by atoms with van der Waals surface area (Å²) in [6.45, 7) is 1.86. The van der Waals surface area contributed by atoms with E-state index in [1.807, 2.05) is 0 Å². The molecule has 0 bridgehead atoms. The summed E-state index contributed by atoms with van der Waals surface area (Å²) in [6.07, 6.45) is 1.64. The molecule has 0 amide bonds. The highest BCUT2D eigenvalue weighted by Gasteiger charge is 2.27.